The maximum absolute atomic E-state index is 5.88. The van der Waals surface area contributed by atoms with Crippen LogP contribution in [0.2, 0.25) is 10.0 Å². The van der Waals surface area contributed by atoms with Gasteiger partial charge in [-0.1, -0.05) is 23.2 Å². The van der Waals surface area contributed by atoms with Crippen molar-refractivity contribution >= 4 is 58.1 Å². The van der Waals surface area contributed by atoms with Gasteiger partial charge >= 0.3 is 0 Å². The molecule has 122 valence electrons. The van der Waals surface area contributed by atoms with Crippen molar-refractivity contribution in [2.24, 2.45) is 0 Å². The van der Waals surface area contributed by atoms with E-state index in [1.807, 2.05) is 24.3 Å². The van der Waals surface area contributed by atoms with Gasteiger partial charge in [-0.15, -0.1) is 11.6 Å². The van der Waals surface area contributed by atoms with Crippen LogP contribution in [0.4, 0.5) is 23.3 Å². The summed E-state index contributed by atoms with van der Waals surface area (Å²) in [7, 11) is 0. The van der Waals surface area contributed by atoms with Gasteiger partial charge in [0.1, 0.15) is 0 Å². The molecule has 0 bridgehead atoms. The van der Waals surface area contributed by atoms with Gasteiger partial charge in [-0.2, -0.15) is 15.0 Å². The third kappa shape index (κ3) is 4.47. The third-order valence-electron chi connectivity index (χ3n) is 3.00. The van der Waals surface area contributed by atoms with Gasteiger partial charge < -0.3 is 10.6 Å². The SMILES string of the molecule is ClCc1nc(Nc2ccc(Cl)cc2)nc(Nc2ccc(Cl)cc2)n1. The largest absolute Gasteiger partial charge is 0.324 e. The lowest BCUT2D eigenvalue weighted by Gasteiger charge is -2.09. The number of anilines is 4. The first-order chi connectivity index (χ1) is 11.6. The highest BCUT2D eigenvalue weighted by Gasteiger charge is 2.07. The Morgan fingerprint density at radius 1 is 0.667 bits per heavy atom. The zero-order valence-electron chi connectivity index (χ0n) is 12.3. The second kappa shape index (κ2) is 7.66. The molecule has 5 nitrogen and oxygen atoms in total. The summed E-state index contributed by atoms with van der Waals surface area (Å²) in [6.45, 7) is 0. The molecule has 0 aliphatic heterocycles. The minimum absolute atomic E-state index is 0.174. The number of rotatable bonds is 5. The van der Waals surface area contributed by atoms with Gasteiger partial charge in [-0.05, 0) is 48.5 Å². The number of hydrogen-bond acceptors (Lipinski definition) is 5. The first-order valence-electron chi connectivity index (χ1n) is 6.98. The molecule has 3 aromatic rings. The maximum Gasteiger partial charge on any atom is 0.232 e. The van der Waals surface area contributed by atoms with Crippen molar-refractivity contribution in [3.05, 3.63) is 64.4 Å². The molecular weight excluding hydrogens is 369 g/mol. The second-order valence-electron chi connectivity index (χ2n) is 4.80. The minimum atomic E-state index is 0.174. The van der Waals surface area contributed by atoms with Crippen LogP contribution in [-0.2, 0) is 5.88 Å². The molecule has 1 aromatic heterocycles. The van der Waals surface area contributed by atoms with Crippen LogP contribution in [-0.4, -0.2) is 15.0 Å². The fourth-order valence-electron chi connectivity index (χ4n) is 1.92. The van der Waals surface area contributed by atoms with E-state index >= 15 is 0 Å². The van der Waals surface area contributed by atoms with Crippen LogP contribution in [0.5, 0.6) is 0 Å². The van der Waals surface area contributed by atoms with E-state index in [2.05, 4.69) is 25.6 Å². The molecule has 0 unspecified atom stereocenters. The van der Waals surface area contributed by atoms with Gasteiger partial charge in [0.2, 0.25) is 11.9 Å². The Balaban J connectivity index is 1.84. The molecular formula is C16H12Cl3N5. The Kier molecular flexibility index (Phi) is 5.35. The summed E-state index contributed by atoms with van der Waals surface area (Å²) in [5.74, 6) is 1.41. The molecule has 0 amide bonds. The lowest BCUT2D eigenvalue weighted by molar-refractivity contribution is 0.974. The quantitative estimate of drug-likeness (QED) is 0.580. The zero-order chi connectivity index (χ0) is 16.9. The topological polar surface area (TPSA) is 62.7 Å². The van der Waals surface area contributed by atoms with E-state index in [0.29, 0.717) is 27.8 Å². The van der Waals surface area contributed by atoms with Crippen molar-refractivity contribution < 1.29 is 0 Å². The van der Waals surface area contributed by atoms with E-state index in [9.17, 15) is 0 Å². The number of benzene rings is 2. The number of nitrogens with one attached hydrogen (secondary N) is 2. The fourth-order valence-corrected chi connectivity index (χ4v) is 2.29. The highest BCUT2D eigenvalue weighted by Crippen LogP contribution is 2.20. The Hall–Kier alpha value is -2.08. The maximum atomic E-state index is 5.88. The van der Waals surface area contributed by atoms with Crippen LogP contribution in [0.25, 0.3) is 0 Å². The van der Waals surface area contributed by atoms with Crippen LogP contribution in [0.1, 0.15) is 5.82 Å². The van der Waals surface area contributed by atoms with Crippen LogP contribution < -0.4 is 10.6 Å². The predicted molar refractivity (Wildman–Crippen MR) is 98.9 cm³/mol. The van der Waals surface area contributed by atoms with Crippen LogP contribution in [0, 0.1) is 0 Å². The van der Waals surface area contributed by atoms with E-state index < -0.39 is 0 Å². The summed E-state index contributed by atoms with van der Waals surface area (Å²) >= 11 is 17.6. The summed E-state index contributed by atoms with van der Waals surface area (Å²) < 4.78 is 0. The summed E-state index contributed by atoms with van der Waals surface area (Å²) in [6, 6.07) is 14.4. The molecule has 24 heavy (non-hydrogen) atoms. The lowest BCUT2D eigenvalue weighted by Crippen LogP contribution is -2.06. The smallest absolute Gasteiger partial charge is 0.232 e. The summed E-state index contributed by atoms with van der Waals surface area (Å²) in [4.78, 5) is 12.9. The molecule has 0 atom stereocenters. The highest BCUT2D eigenvalue weighted by atomic mass is 35.5. The van der Waals surface area contributed by atoms with Crippen molar-refractivity contribution in [3.8, 4) is 0 Å². The van der Waals surface area contributed by atoms with Gasteiger partial charge in [0, 0.05) is 21.4 Å². The molecule has 0 fully saturated rings. The second-order valence-corrected chi connectivity index (χ2v) is 5.94. The Bertz CT molecular complexity index is 756. The molecule has 8 heteroatoms. The number of hydrogen-bond donors (Lipinski definition) is 2. The van der Waals surface area contributed by atoms with Gasteiger partial charge in [-0.3, -0.25) is 0 Å². The molecule has 0 aliphatic carbocycles. The molecule has 2 N–H and O–H groups in total. The molecule has 0 spiro atoms. The van der Waals surface area contributed by atoms with Crippen LogP contribution >= 0.6 is 34.8 Å². The summed E-state index contributed by atoms with van der Waals surface area (Å²) in [5.41, 5.74) is 1.62. The van der Waals surface area contributed by atoms with Gasteiger partial charge in [0.25, 0.3) is 0 Å². The first-order valence-corrected chi connectivity index (χ1v) is 8.27. The van der Waals surface area contributed by atoms with E-state index in [4.69, 9.17) is 34.8 Å². The van der Waals surface area contributed by atoms with Gasteiger partial charge in [0.05, 0.1) is 5.88 Å². The first kappa shape index (κ1) is 16.8. The standard InChI is InChI=1S/C16H12Cl3N5/c17-9-14-22-15(20-12-5-1-10(18)2-6-12)24-16(23-14)21-13-7-3-11(19)4-8-13/h1-8H,9H2,(H2,20,21,22,23,24). The van der Waals surface area contributed by atoms with Crippen molar-refractivity contribution in [2.75, 3.05) is 10.6 Å². The van der Waals surface area contributed by atoms with E-state index in [1.54, 1.807) is 24.3 Å². The van der Waals surface area contributed by atoms with E-state index in [0.717, 1.165) is 11.4 Å². The normalized spacial score (nSPS) is 10.5. The van der Waals surface area contributed by atoms with Crippen molar-refractivity contribution in [2.45, 2.75) is 5.88 Å². The van der Waals surface area contributed by atoms with Crippen molar-refractivity contribution in [1.82, 2.24) is 15.0 Å². The van der Waals surface area contributed by atoms with E-state index in [-0.39, 0.29) is 5.88 Å². The van der Waals surface area contributed by atoms with Gasteiger partial charge in [-0.25, -0.2) is 0 Å². The molecule has 3 rings (SSSR count). The van der Waals surface area contributed by atoms with Crippen LogP contribution in [0.3, 0.4) is 0 Å². The fraction of sp³-hybridized carbons (Fsp3) is 0.0625. The number of halogens is 3. The Morgan fingerprint density at radius 3 is 1.46 bits per heavy atom. The van der Waals surface area contributed by atoms with Crippen molar-refractivity contribution in [1.29, 1.82) is 0 Å². The minimum Gasteiger partial charge on any atom is -0.324 e. The predicted octanol–water partition coefficient (Wildman–Crippen LogP) is 5.40. The number of alkyl halides is 1. The van der Waals surface area contributed by atoms with Crippen LogP contribution in [0.15, 0.2) is 48.5 Å². The number of nitrogens with zero attached hydrogens (tertiary/aromatic N) is 3. The summed E-state index contributed by atoms with van der Waals surface area (Å²) in [6.07, 6.45) is 0. The molecule has 0 radical (unpaired) electrons. The van der Waals surface area contributed by atoms with E-state index in [1.165, 1.54) is 0 Å². The average molecular weight is 381 g/mol. The zero-order valence-corrected chi connectivity index (χ0v) is 14.6. The molecule has 0 saturated carbocycles. The molecule has 0 saturated heterocycles. The molecule has 0 aliphatic rings. The highest BCUT2D eigenvalue weighted by molar-refractivity contribution is 6.30. The Morgan fingerprint density at radius 2 is 1.08 bits per heavy atom. The van der Waals surface area contributed by atoms with Gasteiger partial charge in [0.15, 0.2) is 5.82 Å². The van der Waals surface area contributed by atoms with Crippen molar-refractivity contribution in [3.63, 3.8) is 0 Å². The number of aromatic nitrogens is 3. The summed E-state index contributed by atoms with van der Waals surface area (Å²) in [5, 5.41) is 7.51. The molecule has 1 heterocycles. The average Bonchev–Trinajstić information content (AvgIpc) is 2.59. The monoisotopic (exact) mass is 379 g/mol. The molecule has 2 aromatic carbocycles. The Labute approximate surface area is 154 Å². The third-order valence-corrected chi connectivity index (χ3v) is 3.74. The lowest BCUT2D eigenvalue weighted by atomic mass is 10.3.